The van der Waals surface area contributed by atoms with Gasteiger partial charge < -0.3 is 9.80 Å². The third-order valence-corrected chi connectivity index (χ3v) is 5.17. The lowest BCUT2D eigenvalue weighted by Crippen LogP contribution is -2.50. The molecule has 0 saturated carbocycles. The van der Waals surface area contributed by atoms with E-state index >= 15 is 0 Å². The van der Waals surface area contributed by atoms with Gasteiger partial charge in [-0.2, -0.15) is 5.10 Å². The fraction of sp³-hybridized carbons (Fsp3) is 0.562. The lowest BCUT2D eigenvalue weighted by atomic mass is 9.78. The molecule has 9 heteroatoms. The van der Waals surface area contributed by atoms with Gasteiger partial charge in [-0.1, -0.05) is 0 Å². The summed E-state index contributed by atoms with van der Waals surface area (Å²) < 4.78 is 3.20. The van der Waals surface area contributed by atoms with Crippen molar-refractivity contribution < 1.29 is 9.59 Å². The minimum absolute atomic E-state index is 0.0898. The van der Waals surface area contributed by atoms with E-state index in [-0.39, 0.29) is 17.6 Å². The van der Waals surface area contributed by atoms with Crippen LogP contribution in [-0.4, -0.2) is 60.9 Å². The van der Waals surface area contributed by atoms with E-state index in [9.17, 15) is 9.59 Å². The summed E-state index contributed by atoms with van der Waals surface area (Å²) in [6.45, 7) is 1.73. The van der Waals surface area contributed by atoms with Crippen molar-refractivity contribution in [1.29, 1.82) is 0 Å². The molecule has 25 heavy (non-hydrogen) atoms. The summed E-state index contributed by atoms with van der Waals surface area (Å²) in [6.07, 6.45) is 7.44. The summed E-state index contributed by atoms with van der Waals surface area (Å²) in [5, 5.41) is 8.25. The molecule has 0 N–H and O–H groups in total. The van der Waals surface area contributed by atoms with Crippen LogP contribution in [0.2, 0.25) is 0 Å². The van der Waals surface area contributed by atoms with Crippen LogP contribution in [0.25, 0.3) is 0 Å². The number of carbonyl (C=O) groups is 2. The molecule has 2 fully saturated rings. The zero-order valence-corrected chi connectivity index (χ0v) is 14.4. The molecular formula is C16H21N7O2. The smallest absolute Gasteiger partial charge is 0.293 e. The van der Waals surface area contributed by atoms with Gasteiger partial charge in [0.2, 0.25) is 11.7 Å². The van der Waals surface area contributed by atoms with Crippen LogP contribution >= 0.6 is 0 Å². The molecule has 2 aromatic rings. The molecule has 2 saturated heterocycles. The summed E-state index contributed by atoms with van der Waals surface area (Å²) in [5.41, 5.74) is 0.317. The van der Waals surface area contributed by atoms with Crippen LogP contribution in [0.15, 0.2) is 18.7 Å². The molecule has 4 heterocycles. The second-order valence-electron chi connectivity index (χ2n) is 6.93. The van der Waals surface area contributed by atoms with E-state index in [1.807, 2.05) is 13.2 Å². The van der Waals surface area contributed by atoms with Crippen LogP contribution in [0.5, 0.6) is 0 Å². The van der Waals surface area contributed by atoms with Crippen molar-refractivity contribution >= 4 is 17.5 Å². The molecule has 2 aliphatic rings. The number of nitrogens with zero attached hydrogens (tertiary/aromatic N) is 7. The minimum Gasteiger partial charge on any atom is -0.335 e. The highest BCUT2D eigenvalue weighted by molar-refractivity contribution is 6.00. The molecule has 132 valence electrons. The van der Waals surface area contributed by atoms with Gasteiger partial charge in [0.05, 0.1) is 17.3 Å². The minimum atomic E-state index is -0.501. The molecule has 0 aromatic carbocycles. The first-order valence-corrected chi connectivity index (χ1v) is 8.44. The summed E-state index contributed by atoms with van der Waals surface area (Å²) in [7, 11) is 3.56. The highest BCUT2D eigenvalue weighted by Gasteiger charge is 2.50. The Labute approximate surface area is 145 Å². The predicted octanol–water partition coefficient (Wildman–Crippen LogP) is 0.208. The number of carbonyl (C=O) groups excluding carboxylic acids is 2. The van der Waals surface area contributed by atoms with Crippen molar-refractivity contribution in [3.8, 4) is 0 Å². The van der Waals surface area contributed by atoms with Gasteiger partial charge in [0.1, 0.15) is 6.33 Å². The van der Waals surface area contributed by atoms with E-state index in [4.69, 9.17) is 0 Å². The number of piperidine rings is 1. The zero-order valence-electron chi connectivity index (χ0n) is 14.4. The number of hydrogen-bond acceptors (Lipinski definition) is 5. The Morgan fingerprint density at radius 1 is 1.20 bits per heavy atom. The number of hydrogen-bond donors (Lipinski definition) is 0. The maximum atomic E-state index is 13.1. The van der Waals surface area contributed by atoms with Crippen LogP contribution in [0.4, 0.5) is 5.69 Å². The van der Waals surface area contributed by atoms with Crippen LogP contribution in [0, 0.1) is 5.41 Å². The largest absolute Gasteiger partial charge is 0.335 e. The van der Waals surface area contributed by atoms with Crippen molar-refractivity contribution in [3.05, 3.63) is 24.5 Å². The lowest BCUT2D eigenvalue weighted by Gasteiger charge is -2.38. The molecule has 2 amide bonds. The fourth-order valence-electron chi connectivity index (χ4n) is 3.88. The van der Waals surface area contributed by atoms with Gasteiger partial charge in [-0.3, -0.25) is 19.0 Å². The molecule has 2 aromatic heterocycles. The Balaban J connectivity index is 1.54. The SMILES string of the molecule is Cn1cc(N2CCC3(CCCN(C(=O)c4ncn(C)n4)C3)C2=O)cn1. The predicted molar refractivity (Wildman–Crippen MR) is 88.8 cm³/mol. The number of rotatable bonds is 2. The molecular weight excluding hydrogens is 322 g/mol. The lowest BCUT2D eigenvalue weighted by molar-refractivity contribution is -0.127. The molecule has 0 bridgehead atoms. The van der Waals surface area contributed by atoms with E-state index in [0.717, 1.165) is 24.9 Å². The summed E-state index contributed by atoms with van der Waals surface area (Å²) in [4.78, 5) is 33.3. The number of likely N-dealkylation sites (tertiary alicyclic amines) is 1. The normalized spacial score (nSPS) is 23.7. The topological polar surface area (TPSA) is 89.2 Å². The van der Waals surface area contributed by atoms with Gasteiger partial charge in [-0.05, 0) is 19.3 Å². The highest BCUT2D eigenvalue weighted by Crippen LogP contribution is 2.41. The highest BCUT2D eigenvalue weighted by atomic mass is 16.2. The molecule has 1 unspecified atom stereocenters. The summed E-state index contributed by atoms with van der Waals surface area (Å²) in [6, 6.07) is 0. The third-order valence-electron chi connectivity index (χ3n) is 5.17. The monoisotopic (exact) mass is 343 g/mol. The molecule has 9 nitrogen and oxygen atoms in total. The van der Waals surface area contributed by atoms with Gasteiger partial charge in [0.25, 0.3) is 5.91 Å². The Morgan fingerprint density at radius 3 is 2.72 bits per heavy atom. The average molecular weight is 343 g/mol. The molecule has 2 aliphatic heterocycles. The van der Waals surface area contributed by atoms with E-state index < -0.39 is 5.41 Å². The Bertz CT molecular complexity index is 826. The maximum Gasteiger partial charge on any atom is 0.293 e. The first-order valence-electron chi connectivity index (χ1n) is 8.44. The molecule has 4 rings (SSSR count). The van der Waals surface area contributed by atoms with Gasteiger partial charge in [-0.15, -0.1) is 5.10 Å². The van der Waals surface area contributed by atoms with Crippen molar-refractivity contribution in [1.82, 2.24) is 29.4 Å². The van der Waals surface area contributed by atoms with Crippen molar-refractivity contribution in [2.24, 2.45) is 19.5 Å². The Morgan fingerprint density at radius 2 is 2.04 bits per heavy atom. The van der Waals surface area contributed by atoms with Gasteiger partial charge in [0.15, 0.2) is 0 Å². The number of amides is 2. The molecule has 0 aliphatic carbocycles. The van der Waals surface area contributed by atoms with Gasteiger partial charge >= 0.3 is 0 Å². The second kappa shape index (κ2) is 5.68. The number of anilines is 1. The number of aromatic nitrogens is 5. The van der Waals surface area contributed by atoms with Crippen LogP contribution in [0.1, 0.15) is 29.9 Å². The summed E-state index contributed by atoms with van der Waals surface area (Å²) in [5.74, 6) is 0.0772. The van der Waals surface area contributed by atoms with E-state index in [2.05, 4.69) is 15.2 Å². The quantitative estimate of drug-likeness (QED) is 0.777. The standard InChI is InChI=1S/C16H21N7O2/c1-20-9-12(8-18-20)23-7-5-16(15(23)25)4-3-6-22(10-16)14(24)13-17-11-21(2)19-13/h8-9,11H,3-7,10H2,1-2H3. The Hall–Kier alpha value is -2.71. The first kappa shape index (κ1) is 15.8. The van der Waals surface area contributed by atoms with Crippen molar-refractivity contribution in [3.63, 3.8) is 0 Å². The maximum absolute atomic E-state index is 13.1. The van der Waals surface area contributed by atoms with E-state index in [1.165, 1.54) is 11.0 Å². The second-order valence-corrected chi connectivity index (χ2v) is 6.93. The van der Waals surface area contributed by atoms with Crippen molar-refractivity contribution in [2.45, 2.75) is 19.3 Å². The average Bonchev–Trinajstić information content (AvgIpc) is 3.29. The fourth-order valence-corrected chi connectivity index (χ4v) is 3.88. The molecule has 0 radical (unpaired) electrons. The van der Waals surface area contributed by atoms with E-state index in [0.29, 0.717) is 19.6 Å². The summed E-state index contributed by atoms with van der Waals surface area (Å²) >= 11 is 0. The zero-order chi connectivity index (χ0) is 17.6. The van der Waals surface area contributed by atoms with Crippen LogP contribution < -0.4 is 4.90 Å². The van der Waals surface area contributed by atoms with Crippen molar-refractivity contribution in [2.75, 3.05) is 24.5 Å². The number of aryl methyl sites for hydroxylation is 2. The Kier molecular flexibility index (Phi) is 3.59. The van der Waals surface area contributed by atoms with Crippen LogP contribution in [-0.2, 0) is 18.9 Å². The third kappa shape index (κ3) is 2.59. The first-order chi connectivity index (χ1) is 12.0. The van der Waals surface area contributed by atoms with Gasteiger partial charge in [0, 0.05) is 39.9 Å². The van der Waals surface area contributed by atoms with Crippen LogP contribution in [0.3, 0.4) is 0 Å². The van der Waals surface area contributed by atoms with E-state index in [1.54, 1.807) is 27.7 Å². The molecule has 1 atom stereocenters. The van der Waals surface area contributed by atoms with Gasteiger partial charge in [-0.25, -0.2) is 4.98 Å². The molecule has 1 spiro atoms.